The highest BCUT2D eigenvalue weighted by molar-refractivity contribution is 5.87. The highest BCUT2D eigenvalue weighted by Crippen LogP contribution is 2.24. The second kappa shape index (κ2) is 7.29. The molecule has 1 saturated heterocycles. The van der Waals surface area contributed by atoms with Gasteiger partial charge in [0.05, 0.1) is 5.56 Å². The SMILES string of the molecule is CC(C)C1CCN(C(=O)NCc2ccc(C(=O)O)cc2)CC1. The van der Waals surface area contributed by atoms with Gasteiger partial charge < -0.3 is 15.3 Å². The Kier molecular flexibility index (Phi) is 5.41. The van der Waals surface area contributed by atoms with Crippen molar-refractivity contribution in [2.24, 2.45) is 11.8 Å². The fraction of sp³-hybridized carbons (Fsp3) is 0.529. The van der Waals surface area contributed by atoms with Crippen molar-refractivity contribution in [3.05, 3.63) is 35.4 Å². The van der Waals surface area contributed by atoms with Crippen molar-refractivity contribution in [2.45, 2.75) is 33.2 Å². The molecule has 1 heterocycles. The molecular weight excluding hydrogens is 280 g/mol. The lowest BCUT2D eigenvalue weighted by Crippen LogP contribution is -2.44. The van der Waals surface area contributed by atoms with Crippen LogP contribution >= 0.6 is 0 Å². The first kappa shape index (κ1) is 16.3. The summed E-state index contributed by atoms with van der Waals surface area (Å²) in [5.74, 6) is 0.453. The van der Waals surface area contributed by atoms with Crippen molar-refractivity contribution in [3.63, 3.8) is 0 Å². The second-order valence-electron chi connectivity index (χ2n) is 6.23. The second-order valence-corrected chi connectivity index (χ2v) is 6.23. The van der Waals surface area contributed by atoms with E-state index >= 15 is 0 Å². The fourth-order valence-corrected chi connectivity index (χ4v) is 2.82. The normalized spacial score (nSPS) is 15.9. The Hall–Kier alpha value is -2.04. The molecule has 0 bridgehead atoms. The predicted molar refractivity (Wildman–Crippen MR) is 84.8 cm³/mol. The number of rotatable bonds is 4. The highest BCUT2D eigenvalue weighted by Gasteiger charge is 2.24. The topological polar surface area (TPSA) is 69.6 Å². The van der Waals surface area contributed by atoms with Gasteiger partial charge in [0.1, 0.15) is 0 Å². The van der Waals surface area contributed by atoms with Gasteiger partial charge >= 0.3 is 12.0 Å². The first-order valence-electron chi connectivity index (χ1n) is 7.82. The molecule has 5 nitrogen and oxygen atoms in total. The van der Waals surface area contributed by atoms with Crippen LogP contribution in [0.1, 0.15) is 42.6 Å². The lowest BCUT2D eigenvalue weighted by Gasteiger charge is -2.33. The summed E-state index contributed by atoms with van der Waals surface area (Å²) in [5, 5.41) is 11.7. The van der Waals surface area contributed by atoms with Crippen molar-refractivity contribution >= 4 is 12.0 Å². The molecule has 22 heavy (non-hydrogen) atoms. The van der Waals surface area contributed by atoms with E-state index in [1.807, 2.05) is 4.90 Å². The first-order chi connectivity index (χ1) is 10.5. The largest absolute Gasteiger partial charge is 0.478 e. The molecule has 1 aliphatic rings. The van der Waals surface area contributed by atoms with Gasteiger partial charge in [0.2, 0.25) is 0 Å². The van der Waals surface area contributed by atoms with Gasteiger partial charge in [0.25, 0.3) is 0 Å². The summed E-state index contributed by atoms with van der Waals surface area (Å²) in [6.07, 6.45) is 2.14. The molecule has 0 saturated carbocycles. The Morgan fingerprint density at radius 2 is 1.82 bits per heavy atom. The van der Waals surface area contributed by atoms with Crippen LogP contribution in [-0.4, -0.2) is 35.1 Å². The van der Waals surface area contributed by atoms with E-state index in [0.29, 0.717) is 18.4 Å². The number of urea groups is 1. The zero-order valence-electron chi connectivity index (χ0n) is 13.2. The van der Waals surface area contributed by atoms with Crippen molar-refractivity contribution in [1.29, 1.82) is 0 Å². The van der Waals surface area contributed by atoms with Gasteiger partial charge in [-0.3, -0.25) is 0 Å². The molecule has 120 valence electrons. The van der Waals surface area contributed by atoms with Crippen LogP contribution in [0.4, 0.5) is 4.79 Å². The number of carbonyl (C=O) groups excluding carboxylic acids is 1. The summed E-state index contributed by atoms with van der Waals surface area (Å²) >= 11 is 0. The summed E-state index contributed by atoms with van der Waals surface area (Å²) in [7, 11) is 0. The Labute approximate surface area is 131 Å². The quantitative estimate of drug-likeness (QED) is 0.898. The van der Waals surface area contributed by atoms with E-state index in [1.54, 1.807) is 24.3 Å². The van der Waals surface area contributed by atoms with Gasteiger partial charge in [0.15, 0.2) is 0 Å². The molecule has 1 aromatic rings. The Morgan fingerprint density at radius 3 is 2.32 bits per heavy atom. The molecule has 2 N–H and O–H groups in total. The third-order valence-electron chi connectivity index (χ3n) is 4.41. The van der Waals surface area contributed by atoms with Crippen molar-refractivity contribution < 1.29 is 14.7 Å². The van der Waals surface area contributed by atoms with E-state index in [-0.39, 0.29) is 11.6 Å². The molecule has 0 radical (unpaired) electrons. The minimum atomic E-state index is -0.941. The van der Waals surface area contributed by atoms with E-state index in [2.05, 4.69) is 19.2 Å². The molecule has 0 aromatic heterocycles. The molecule has 0 unspecified atom stereocenters. The average Bonchev–Trinajstić information content (AvgIpc) is 2.53. The first-order valence-corrected chi connectivity index (χ1v) is 7.82. The van der Waals surface area contributed by atoms with Crippen LogP contribution in [0.3, 0.4) is 0 Å². The Bertz CT molecular complexity index is 517. The van der Waals surface area contributed by atoms with E-state index in [1.165, 1.54) is 0 Å². The van der Waals surface area contributed by atoms with Crippen LogP contribution in [0.15, 0.2) is 24.3 Å². The maximum absolute atomic E-state index is 12.1. The maximum Gasteiger partial charge on any atom is 0.335 e. The Morgan fingerprint density at radius 1 is 1.23 bits per heavy atom. The van der Waals surface area contributed by atoms with Gasteiger partial charge in [-0.25, -0.2) is 9.59 Å². The zero-order chi connectivity index (χ0) is 16.1. The maximum atomic E-state index is 12.1. The van der Waals surface area contributed by atoms with Crippen LogP contribution in [-0.2, 0) is 6.54 Å². The number of amides is 2. The molecule has 1 aromatic carbocycles. The van der Waals surface area contributed by atoms with Crippen molar-refractivity contribution in [3.8, 4) is 0 Å². The predicted octanol–water partition coefficient (Wildman–Crippen LogP) is 2.96. The smallest absolute Gasteiger partial charge is 0.335 e. The number of hydrogen-bond acceptors (Lipinski definition) is 2. The Balaban J connectivity index is 1.79. The molecule has 2 amide bonds. The van der Waals surface area contributed by atoms with Crippen LogP contribution in [0.25, 0.3) is 0 Å². The third-order valence-corrected chi connectivity index (χ3v) is 4.41. The minimum Gasteiger partial charge on any atom is -0.478 e. The lowest BCUT2D eigenvalue weighted by atomic mass is 9.87. The lowest BCUT2D eigenvalue weighted by molar-refractivity contribution is 0.0697. The number of piperidine rings is 1. The van der Waals surface area contributed by atoms with Gasteiger partial charge in [-0.05, 0) is 42.4 Å². The van der Waals surface area contributed by atoms with Crippen LogP contribution in [0, 0.1) is 11.8 Å². The molecule has 0 aliphatic carbocycles. The van der Waals surface area contributed by atoms with Crippen LogP contribution in [0.5, 0.6) is 0 Å². The number of likely N-dealkylation sites (tertiary alicyclic amines) is 1. The number of nitrogens with one attached hydrogen (secondary N) is 1. The van der Waals surface area contributed by atoms with E-state index in [4.69, 9.17) is 5.11 Å². The number of nitrogens with zero attached hydrogens (tertiary/aromatic N) is 1. The highest BCUT2D eigenvalue weighted by atomic mass is 16.4. The van der Waals surface area contributed by atoms with Crippen LogP contribution in [0.2, 0.25) is 0 Å². The monoisotopic (exact) mass is 304 g/mol. The summed E-state index contributed by atoms with van der Waals surface area (Å²) in [4.78, 5) is 24.8. The molecule has 1 aliphatic heterocycles. The summed E-state index contributed by atoms with van der Waals surface area (Å²) < 4.78 is 0. The zero-order valence-corrected chi connectivity index (χ0v) is 13.2. The molecule has 5 heteroatoms. The molecular formula is C17H24N2O3. The molecule has 0 spiro atoms. The summed E-state index contributed by atoms with van der Waals surface area (Å²) in [5.41, 5.74) is 1.15. The van der Waals surface area contributed by atoms with Crippen LogP contribution < -0.4 is 5.32 Å². The number of aromatic carboxylic acids is 1. The van der Waals surface area contributed by atoms with Crippen molar-refractivity contribution in [2.75, 3.05) is 13.1 Å². The van der Waals surface area contributed by atoms with Gasteiger partial charge in [0, 0.05) is 19.6 Å². The van der Waals surface area contributed by atoms with E-state index in [9.17, 15) is 9.59 Å². The number of carboxylic acid groups (broad SMARTS) is 1. The molecule has 2 rings (SSSR count). The minimum absolute atomic E-state index is 0.0375. The average molecular weight is 304 g/mol. The molecule has 0 atom stereocenters. The van der Waals surface area contributed by atoms with Gasteiger partial charge in [-0.1, -0.05) is 26.0 Å². The number of carbonyl (C=O) groups is 2. The van der Waals surface area contributed by atoms with Crippen molar-refractivity contribution in [1.82, 2.24) is 10.2 Å². The fourth-order valence-electron chi connectivity index (χ4n) is 2.82. The number of hydrogen-bond donors (Lipinski definition) is 2. The summed E-state index contributed by atoms with van der Waals surface area (Å²) in [6, 6.07) is 6.53. The standard InChI is InChI=1S/C17H24N2O3/c1-12(2)14-7-9-19(10-8-14)17(22)18-11-13-3-5-15(6-4-13)16(20)21/h3-6,12,14H,7-11H2,1-2H3,(H,18,22)(H,20,21). The van der Waals surface area contributed by atoms with E-state index < -0.39 is 5.97 Å². The number of benzene rings is 1. The molecule has 1 fully saturated rings. The van der Waals surface area contributed by atoms with E-state index in [0.717, 1.165) is 31.5 Å². The summed E-state index contributed by atoms with van der Waals surface area (Å²) in [6.45, 7) is 6.52. The van der Waals surface area contributed by atoms with Gasteiger partial charge in [-0.2, -0.15) is 0 Å². The number of carboxylic acids is 1. The van der Waals surface area contributed by atoms with Gasteiger partial charge in [-0.15, -0.1) is 0 Å². The third kappa shape index (κ3) is 4.23.